The van der Waals surface area contributed by atoms with Crippen molar-refractivity contribution in [3.05, 3.63) is 35.4 Å². The number of likely N-dealkylation sites (tertiary alicyclic amines) is 1. The van der Waals surface area contributed by atoms with Gasteiger partial charge in [-0.05, 0) is 38.8 Å². The van der Waals surface area contributed by atoms with Crippen molar-refractivity contribution in [2.24, 2.45) is 0 Å². The van der Waals surface area contributed by atoms with Gasteiger partial charge in [-0.2, -0.15) is 0 Å². The van der Waals surface area contributed by atoms with Crippen LogP contribution in [0.3, 0.4) is 0 Å². The average molecular weight is 275 g/mol. The van der Waals surface area contributed by atoms with Crippen LogP contribution in [0.4, 0.5) is 0 Å². The Hall–Kier alpha value is -1.35. The molecule has 20 heavy (non-hydrogen) atoms. The highest BCUT2D eigenvalue weighted by Crippen LogP contribution is 2.22. The fourth-order valence-electron chi connectivity index (χ4n) is 2.96. The van der Waals surface area contributed by atoms with Crippen LogP contribution in [-0.2, 0) is 16.1 Å². The summed E-state index contributed by atoms with van der Waals surface area (Å²) in [5.41, 5.74) is 2.63. The quantitative estimate of drug-likeness (QED) is 0.772. The number of nitrogens with zero attached hydrogens (tertiary/aromatic N) is 1. The maximum Gasteiger partial charge on any atom is 0.307 e. The molecule has 0 aromatic heterocycles. The van der Waals surface area contributed by atoms with Crippen molar-refractivity contribution >= 4 is 5.97 Å². The molecule has 1 atom stereocenters. The third-order valence-corrected chi connectivity index (χ3v) is 3.92. The van der Waals surface area contributed by atoms with Crippen LogP contribution in [0, 0.1) is 6.92 Å². The smallest absolute Gasteiger partial charge is 0.307 e. The van der Waals surface area contributed by atoms with E-state index in [9.17, 15) is 4.79 Å². The van der Waals surface area contributed by atoms with E-state index in [1.54, 1.807) is 0 Å². The molecule has 0 aliphatic carbocycles. The molecule has 0 radical (unpaired) electrons. The highest BCUT2D eigenvalue weighted by Gasteiger charge is 2.25. The molecule has 1 heterocycles. The van der Waals surface area contributed by atoms with Crippen molar-refractivity contribution in [1.82, 2.24) is 4.90 Å². The van der Waals surface area contributed by atoms with Gasteiger partial charge < -0.3 is 4.74 Å². The van der Waals surface area contributed by atoms with Crippen LogP contribution in [0.15, 0.2) is 24.3 Å². The molecule has 1 fully saturated rings. The number of aryl methyl sites for hydroxylation is 1. The Morgan fingerprint density at radius 3 is 3.00 bits per heavy atom. The second kappa shape index (κ2) is 7.44. The Morgan fingerprint density at radius 1 is 1.40 bits per heavy atom. The molecule has 3 nitrogen and oxygen atoms in total. The number of piperidine rings is 1. The number of rotatable bonds is 5. The first kappa shape index (κ1) is 15.0. The van der Waals surface area contributed by atoms with Gasteiger partial charge in [0, 0.05) is 12.6 Å². The summed E-state index contributed by atoms with van der Waals surface area (Å²) in [5, 5.41) is 0. The van der Waals surface area contributed by atoms with Crippen molar-refractivity contribution in [1.29, 1.82) is 0 Å². The Kier molecular flexibility index (Phi) is 5.60. The maximum absolute atomic E-state index is 11.7. The Morgan fingerprint density at radius 2 is 2.25 bits per heavy atom. The van der Waals surface area contributed by atoms with Gasteiger partial charge in [0.1, 0.15) is 0 Å². The molecular weight excluding hydrogens is 250 g/mol. The number of ether oxygens (including phenoxy) is 1. The van der Waals surface area contributed by atoms with E-state index in [1.165, 1.54) is 24.0 Å². The minimum atomic E-state index is -0.0614. The lowest BCUT2D eigenvalue weighted by molar-refractivity contribution is -0.145. The number of benzene rings is 1. The fraction of sp³-hybridized carbons (Fsp3) is 0.588. The lowest BCUT2D eigenvalue weighted by Gasteiger charge is -2.35. The lowest BCUT2D eigenvalue weighted by atomic mass is 9.98. The van der Waals surface area contributed by atoms with Crippen molar-refractivity contribution in [2.45, 2.75) is 52.1 Å². The Balaban J connectivity index is 1.97. The minimum absolute atomic E-state index is 0.0614. The molecule has 2 rings (SSSR count). The zero-order valence-electron chi connectivity index (χ0n) is 12.6. The molecule has 1 unspecified atom stereocenters. The first-order valence-electron chi connectivity index (χ1n) is 7.64. The predicted molar refractivity (Wildman–Crippen MR) is 80.5 cm³/mol. The van der Waals surface area contributed by atoms with Gasteiger partial charge in [-0.25, -0.2) is 0 Å². The molecule has 0 spiro atoms. The van der Waals surface area contributed by atoms with Gasteiger partial charge in [0.05, 0.1) is 13.0 Å². The normalized spacial score (nSPS) is 19.8. The van der Waals surface area contributed by atoms with Gasteiger partial charge in [0.25, 0.3) is 0 Å². The summed E-state index contributed by atoms with van der Waals surface area (Å²) in [6, 6.07) is 8.97. The third kappa shape index (κ3) is 4.34. The Labute approximate surface area is 121 Å². The summed E-state index contributed by atoms with van der Waals surface area (Å²) >= 11 is 0. The van der Waals surface area contributed by atoms with E-state index in [4.69, 9.17) is 4.74 Å². The summed E-state index contributed by atoms with van der Waals surface area (Å²) in [7, 11) is 0. The second-order valence-corrected chi connectivity index (χ2v) is 5.62. The van der Waals surface area contributed by atoms with E-state index in [0.29, 0.717) is 19.1 Å². The molecule has 1 aromatic carbocycles. The number of carbonyl (C=O) groups excluding carboxylic acids is 1. The van der Waals surface area contributed by atoms with Crippen LogP contribution < -0.4 is 0 Å². The molecule has 0 N–H and O–H groups in total. The summed E-state index contributed by atoms with van der Waals surface area (Å²) < 4.78 is 5.10. The van der Waals surface area contributed by atoms with Gasteiger partial charge in [0.2, 0.25) is 0 Å². The molecule has 1 aliphatic rings. The second-order valence-electron chi connectivity index (χ2n) is 5.62. The summed E-state index contributed by atoms with van der Waals surface area (Å²) in [5.74, 6) is -0.0614. The van der Waals surface area contributed by atoms with E-state index in [1.807, 2.05) is 6.92 Å². The highest BCUT2D eigenvalue weighted by atomic mass is 16.5. The van der Waals surface area contributed by atoms with Crippen LogP contribution in [0.5, 0.6) is 0 Å². The Bertz CT molecular complexity index is 444. The molecule has 0 amide bonds. The van der Waals surface area contributed by atoms with E-state index >= 15 is 0 Å². The van der Waals surface area contributed by atoms with Crippen molar-refractivity contribution in [3.63, 3.8) is 0 Å². The molecule has 0 bridgehead atoms. The van der Waals surface area contributed by atoms with Gasteiger partial charge in [-0.1, -0.05) is 36.2 Å². The molecule has 0 saturated carbocycles. The maximum atomic E-state index is 11.7. The molecule has 3 heteroatoms. The summed E-state index contributed by atoms with van der Waals surface area (Å²) in [4.78, 5) is 14.2. The number of carbonyl (C=O) groups is 1. The average Bonchev–Trinajstić information content (AvgIpc) is 2.41. The molecular formula is C17H25NO2. The summed E-state index contributed by atoms with van der Waals surface area (Å²) in [6.45, 7) is 6.48. The predicted octanol–water partition coefficient (Wildman–Crippen LogP) is 3.30. The summed E-state index contributed by atoms with van der Waals surface area (Å²) in [6.07, 6.45) is 4.07. The number of hydrogen-bond donors (Lipinski definition) is 0. The molecule has 110 valence electrons. The standard InChI is InChI=1S/C17H25NO2/c1-3-20-17(19)12-16-9-4-5-10-18(16)13-15-8-6-7-14(2)11-15/h6-8,11,16H,3-5,9-10,12-13H2,1-2H3. The first-order valence-corrected chi connectivity index (χ1v) is 7.64. The third-order valence-electron chi connectivity index (χ3n) is 3.92. The largest absolute Gasteiger partial charge is 0.466 e. The number of hydrogen-bond acceptors (Lipinski definition) is 3. The first-order chi connectivity index (χ1) is 9.69. The van der Waals surface area contributed by atoms with Crippen molar-refractivity contribution in [2.75, 3.05) is 13.2 Å². The van der Waals surface area contributed by atoms with E-state index < -0.39 is 0 Å². The molecule has 1 aliphatic heterocycles. The number of esters is 1. The SMILES string of the molecule is CCOC(=O)CC1CCCCN1Cc1cccc(C)c1. The van der Waals surface area contributed by atoms with Crippen molar-refractivity contribution in [3.8, 4) is 0 Å². The van der Waals surface area contributed by atoms with E-state index in [0.717, 1.165) is 19.5 Å². The van der Waals surface area contributed by atoms with Crippen LogP contribution >= 0.6 is 0 Å². The zero-order valence-corrected chi connectivity index (χ0v) is 12.6. The van der Waals surface area contributed by atoms with Crippen molar-refractivity contribution < 1.29 is 9.53 Å². The van der Waals surface area contributed by atoms with Crippen LogP contribution in [0.1, 0.15) is 43.7 Å². The fourth-order valence-corrected chi connectivity index (χ4v) is 2.96. The van der Waals surface area contributed by atoms with Gasteiger partial charge in [0.15, 0.2) is 0 Å². The van der Waals surface area contributed by atoms with Crippen LogP contribution in [0.2, 0.25) is 0 Å². The van der Waals surface area contributed by atoms with Gasteiger partial charge in [-0.3, -0.25) is 9.69 Å². The topological polar surface area (TPSA) is 29.5 Å². The van der Waals surface area contributed by atoms with Crippen LogP contribution in [0.25, 0.3) is 0 Å². The van der Waals surface area contributed by atoms with Gasteiger partial charge >= 0.3 is 5.97 Å². The molecule has 1 saturated heterocycles. The highest BCUT2D eigenvalue weighted by molar-refractivity contribution is 5.70. The van der Waals surface area contributed by atoms with E-state index in [-0.39, 0.29) is 5.97 Å². The lowest BCUT2D eigenvalue weighted by Crippen LogP contribution is -2.40. The van der Waals surface area contributed by atoms with E-state index in [2.05, 4.69) is 36.1 Å². The van der Waals surface area contributed by atoms with Gasteiger partial charge in [-0.15, -0.1) is 0 Å². The molecule has 1 aromatic rings. The monoisotopic (exact) mass is 275 g/mol. The minimum Gasteiger partial charge on any atom is -0.466 e. The zero-order chi connectivity index (χ0) is 14.4. The van der Waals surface area contributed by atoms with Crippen LogP contribution in [-0.4, -0.2) is 30.1 Å².